The fraction of sp³-hybridized carbons (Fsp3) is 0.500. The van der Waals surface area contributed by atoms with E-state index in [4.69, 9.17) is 5.73 Å². The Morgan fingerprint density at radius 1 is 1.11 bits per heavy atom. The minimum atomic E-state index is -0.630. The van der Waals surface area contributed by atoms with Crippen LogP contribution >= 0.6 is 0 Å². The standard InChI is InChI=1S/C14H15FN2O.C8H15N/c1-14(2,16)12-7-10(8-13(18)17-12)9-3-5-11(15)6-4-9;1-6(2)9-4-7-3-8(7)5-9/h3-8H,16H2,1-2H3,(H,17,18);6-8H,3-5H2,1-2H3. The molecule has 1 aliphatic heterocycles. The summed E-state index contributed by atoms with van der Waals surface area (Å²) in [4.78, 5) is 16.9. The molecule has 0 bridgehead atoms. The highest BCUT2D eigenvalue weighted by atomic mass is 19.1. The summed E-state index contributed by atoms with van der Waals surface area (Å²) < 4.78 is 12.9. The first kappa shape index (κ1) is 19.8. The van der Waals surface area contributed by atoms with Gasteiger partial charge in [-0.15, -0.1) is 0 Å². The van der Waals surface area contributed by atoms with E-state index in [1.807, 2.05) is 19.9 Å². The minimum absolute atomic E-state index is 0.217. The maximum absolute atomic E-state index is 12.9. The van der Waals surface area contributed by atoms with Gasteiger partial charge in [-0.05, 0) is 75.3 Å². The number of halogens is 1. The Kier molecular flexibility index (Phi) is 5.54. The Bertz CT molecular complexity index is 826. The van der Waals surface area contributed by atoms with E-state index in [-0.39, 0.29) is 11.4 Å². The second-order valence-corrected chi connectivity index (χ2v) is 8.68. The first-order valence-electron chi connectivity index (χ1n) is 9.67. The molecule has 1 saturated heterocycles. The number of nitrogens with zero attached hydrogens (tertiary/aromatic N) is 1. The molecule has 1 aromatic heterocycles. The molecule has 4 nitrogen and oxygen atoms in total. The number of aromatic nitrogens is 1. The monoisotopic (exact) mass is 371 g/mol. The van der Waals surface area contributed by atoms with Gasteiger partial charge in [0.15, 0.2) is 0 Å². The molecule has 1 aliphatic carbocycles. The average molecular weight is 372 g/mol. The van der Waals surface area contributed by atoms with Crippen molar-refractivity contribution in [3.8, 4) is 11.1 Å². The lowest BCUT2D eigenvalue weighted by atomic mass is 9.97. The van der Waals surface area contributed by atoms with Crippen LogP contribution in [0, 0.1) is 17.7 Å². The van der Waals surface area contributed by atoms with Crippen LogP contribution in [0.25, 0.3) is 11.1 Å². The van der Waals surface area contributed by atoms with Gasteiger partial charge >= 0.3 is 0 Å². The van der Waals surface area contributed by atoms with Gasteiger partial charge in [0.2, 0.25) is 5.56 Å². The van der Waals surface area contributed by atoms with Crippen LogP contribution < -0.4 is 11.3 Å². The molecular formula is C22H30FN3O. The topological polar surface area (TPSA) is 62.1 Å². The van der Waals surface area contributed by atoms with Gasteiger partial charge in [-0.3, -0.25) is 4.79 Å². The van der Waals surface area contributed by atoms with Crippen molar-refractivity contribution in [3.05, 3.63) is 58.3 Å². The lowest BCUT2D eigenvalue weighted by Gasteiger charge is -2.21. The van der Waals surface area contributed by atoms with Gasteiger partial charge in [0.05, 0.1) is 5.54 Å². The van der Waals surface area contributed by atoms with Gasteiger partial charge in [-0.1, -0.05) is 12.1 Å². The molecule has 2 fully saturated rings. The van der Waals surface area contributed by atoms with Gasteiger partial charge in [0, 0.05) is 30.9 Å². The molecule has 146 valence electrons. The zero-order valence-electron chi connectivity index (χ0n) is 16.6. The van der Waals surface area contributed by atoms with Crippen molar-refractivity contribution in [3.63, 3.8) is 0 Å². The van der Waals surface area contributed by atoms with E-state index in [1.165, 1.54) is 37.7 Å². The molecule has 1 aromatic carbocycles. The van der Waals surface area contributed by atoms with Crippen LogP contribution in [0.3, 0.4) is 0 Å². The van der Waals surface area contributed by atoms with Crippen molar-refractivity contribution in [2.24, 2.45) is 17.6 Å². The SMILES string of the molecule is CC(C)(N)c1cc(-c2ccc(F)cc2)cc(=O)[nH]1.CC(C)N1CC2CC2C1. The van der Waals surface area contributed by atoms with Crippen molar-refractivity contribution < 1.29 is 4.39 Å². The number of pyridine rings is 1. The Balaban J connectivity index is 0.000000193. The molecular weight excluding hydrogens is 341 g/mol. The van der Waals surface area contributed by atoms with E-state index < -0.39 is 5.54 Å². The number of rotatable bonds is 3. The van der Waals surface area contributed by atoms with Gasteiger partial charge in [0.1, 0.15) is 5.82 Å². The Morgan fingerprint density at radius 3 is 2.19 bits per heavy atom. The third kappa shape index (κ3) is 5.05. The van der Waals surface area contributed by atoms with Crippen LogP contribution in [-0.4, -0.2) is 29.0 Å². The van der Waals surface area contributed by atoms with Crippen LogP contribution in [0.2, 0.25) is 0 Å². The summed E-state index contributed by atoms with van der Waals surface area (Å²) in [6.45, 7) is 11.0. The highest BCUT2D eigenvalue weighted by molar-refractivity contribution is 5.63. The van der Waals surface area contributed by atoms with Crippen LogP contribution in [-0.2, 0) is 5.54 Å². The number of likely N-dealkylation sites (tertiary alicyclic amines) is 1. The Labute approximate surface area is 160 Å². The van der Waals surface area contributed by atoms with Gasteiger partial charge in [-0.25, -0.2) is 4.39 Å². The average Bonchev–Trinajstić information content (AvgIpc) is 3.20. The normalized spacial score (nSPS) is 21.6. The van der Waals surface area contributed by atoms with Crippen LogP contribution in [0.4, 0.5) is 4.39 Å². The van der Waals surface area contributed by atoms with E-state index in [1.54, 1.807) is 12.1 Å². The van der Waals surface area contributed by atoms with Gasteiger partial charge in [-0.2, -0.15) is 0 Å². The number of nitrogens with one attached hydrogen (secondary N) is 1. The van der Waals surface area contributed by atoms with Gasteiger partial charge in [0.25, 0.3) is 0 Å². The predicted octanol–water partition coefficient (Wildman–Crippen LogP) is 3.72. The maximum atomic E-state index is 12.9. The molecule has 3 N–H and O–H groups in total. The number of benzene rings is 1. The smallest absolute Gasteiger partial charge is 0.248 e. The number of piperidine rings is 1. The Hall–Kier alpha value is -1.98. The number of H-pyrrole nitrogens is 1. The molecule has 2 unspecified atom stereocenters. The van der Waals surface area contributed by atoms with Crippen LogP contribution in [0.1, 0.15) is 39.8 Å². The molecule has 0 spiro atoms. The lowest BCUT2D eigenvalue weighted by molar-refractivity contribution is 0.248. The maximum Gasteiger partial charge on any atom is 0.248 e. The highest BCUT2D eigenvalue weighted by Gasteiger charge is 2.45. The summed E-state index contributed by atoms with van der Waals surface area (Å²) in [5.74, 6) is 1.91. The molecule has 2 aromatic rings. The summed E-state index contributed by atoms with van der Waals surface area (Å²) in [6, 6.07) is 10.1. The minimum Gasteiger partial charge on any atom is -0.324 e. The fourth-order valence-electron chi connectivity index (χ4n) is 3.56. The first-order chi connectivity index (χ1) is 12.6. The fourth-order valence-corrected chi connectivity index (χ4v) is 3.56. The lowest BCUT2D eigenvalue weighted by Crippen LogP contribution is -2.31. The van der Waals surface area contributed by atoms with Crippen LogP contribution in [0.15, 0.2) is 41.2 Å². The second-order valence-electron chi connectivity index (χ2n) is 8.68. The quantitative estimate of drug-likeness (QED) is 0.864. The molecule has 2 atom stereocenters. The zero-order chi connectivity index (χ0) is 19.8. The molecule has 1 saturated carbocycles. The highest BCUT2D eigenvalue weighted by Crippen LogP contribution is 2.45. The molecule has 27 heavy (non-hydrogen) atoms. The van der Waals surface area contributed by atoms with Crippen LogP contribution in [0.5, 0.6) is 0 Å². The van der Waals surface area contributed by atoms with Crippen molar-refractivity contribution in [1.29, 1.82) is 0 Å². The van der Waals surface area contributed by atoms with E-state index in [2.05, 4.69) is 23.7 Å². The number of hydrogen-bond donors (Lipinski definition) is 2. The predicted molar refractivity (Wildman–Crippen MR) is 108 cm³/mol. The summed E-state index contributed by atoms with van der Waals surface area (Å²) in [6.07, 6.45) is 1.53. The molecule has 2 aliphatic rings. The van der Waals surface area contributed by atoms with E-state index in [9.17, 15) is 9.18 Å². The summed E-state index contributed by atoms with van der Waals surface area (Å²) >= 11 is 0. The third-order valence-corrected chi connectivity index (χ3v) is 5.45. The van der Waals surface area contributed by atoms with E-state index in [0.29, 0.717) is 5.69 Å². The van der Waals surface area contributed by atoms with Crippen molar-refractivity contribution >= 4 is 0 Å². The number of hydrogen-bond acceptors (Lipinski definition) is 3. The largest absolute Gasteiger partial charge is 0.324 e. The third-order valence-electron chi connectivity index (χ3n) is 5.45. The van der Waals surface area contributed by atoms with E-state index >= 15 is 0 Å². The molecule has 0 amide bonds. The summed E-state index contributed by atoms with van der Waals surface area (Å²) in [5, 5.41) is 0. The van der Waals surface area contributed by atoms with E-state index in [0.717, 1.165) is 29.0 Å². The number of nitrogens with two attached hydrogens (primary N) is 1. The first-order valence-corrected chi connectivity index (χ1v) is 9.67. The van der Waals surface area contributed by atoms with Gasteiger partial charge < -0.3 is 15.6 Å². The molecule has 4 rings (SSSR count). The summed E-state index contributed by atoms with van der Waals surface area (Å²) in [7, 11) is 0. The number of aromatic amines is 1. The second kappa shape index (κ2) is 7.56. The molecule has 5 heteroatoms. The van der Waals surface area contributed by atoms with Crippen molar-refractivity contribution in [1.82, 2.24) is 9.88 Å². The molecule has 0 radical (unpaired) electrons. The zero-order valence-corrected chi connectivity index (χ0v) is 16.6. The number of fused-ring (bicyclic) bond motifs is 1. The summed E-state index contributed by atoms with van der Waals surface area (Å²) in [5.41, 5.74) is 7.28. The van der Waals surface area contributed by atoms with Crippen molar-refractivity contribution in [2.45, 2.75) is 45.7 Å². The Morgan fingerprint density at radius 2 is 1.70 bits per heavy atom. The molecule has 2 heterocycles. The van der Waals surface area contributed by atoms with Crippen molar-refractivity contribution in [2.75, 3.05) is 13.1 Å².